The standard InChI is InChI=1S/C9H11ClN2OS/c1-4-3-6(4)8(13)12-9-11-5(2)7(10)14-9/h4,6H,3H2,1-2H3,(H,11,12,13). The van der Waals surface area contributed by atoms with Gasteiger partial charge < -0.3 is 5.32 Å². The molecule has 1 N–H and O–H groups in total. The lowest BCUT2D eigenvalue weighted by atomic mass is 10.3. The van der Waals surface area contributed by atoms with Crippen molar-refractivity contribution in [3.8, 4) is 0 Å². The maximum Gasteiger partial charge on any atom is 0.229 e. The Hall–Kier alpha value is -0.610. The van der Waals surface area contributed by atoms with Crippen LogP contribution < -0.4 is 5.32 Å². The van der Waals surface area contributed by atoms with Gasteiger partial charge in [0.25, 0.3) is 0 Å². The van der Waals surface area contributed by atoms with Crippen LogP contribution >= 0.6 is 22.9 Å². The van der Waals surface area contributed by atoms with Gasteiger partial charge in [-0.25, -0.2) is 4.98 Å². The highest BCUT2D eigenvalue weighted by atomic mass is 35.5. The molecule has 1 aromatic rings. The number of halogens is 1. The number of aromatic nitrogens is 1. The molecular weight excluding hydrogens is 220 g/mol. The van der Waals surface area contributed by atoms with E-state index >= 15 is 0 Å². The summed E-state index contributed by atoms with van der Waals surface area (Å²) in [7, 11) is 0. The van der Waals surface area contributed by atoms with Crippen molar-refractivity contribution in [1.82, 2.24) is 4.98 Å². The summed E-state index contributed by atoms with van der Waals surface area (Å²) < 4.78 is 0.643. The van der Waals surface area contributed by atoms with Crippen LogP contribution in [0, 0.1) is 18.8 Å². The van der Waals surface area contributed by atoms with Gasteiger partial charge >= 0.3 is 0 Å². The second kappa shape index (κ2) is 3.51. The van der Waals surface area contributed by atoms with E-state index in [0.29, 0.717) is 15.4 Å². The molecule has 76 valence electrons. The average Bonchev–Trinajstić information content (AvgIpc) is 2.74. The van der Waals surface area contributed by atoms with E-state index in [1.165, 1.54) is 11.3 Å². The zero-order chi connectivity index (χ0) is 10.3. The lowest BCUT2D eigenvalue weighted by molar-refractivity contribution is -0.117. The highest BCUT2D eigenvalue weighted by molar-refractivity contribution is 7.19. The van der Waals surface area contributed by atoms with Crippen molar-refractivity contribution in [3.05, 3.63) is 10.0 Å². The summed E-state index contributed by atoms with van der Waals surface area (Å²) in [5.74, 6) is 0.771. The highest BCUT2D eigenvalue weighted by Gasteiger charge is 2.39. The summed E-state index contributed by atoms with van der Waals surface area (Å²) in [5.41, 5.74) is 0.774. The van der Waals surface area contributed by atoms with Gasteiger partial charge in [-0.3, -0.25) is 4.79 Å². The van der Waals surface area contributed by atoms with E-state index in [-0.39, 0.29) is 11.8 Å². The Balaban J connectivity index is 2.00. The molecule has 2 unspecified atom stereocenters. The number of hydrogen-bond donors (Lipinski definition) is 1. The highest BCUT2D eigenvalue weighted by Crippen LogP contribution is 2.39. The molecule has 0 spiro atoms. The summed E-state index contributed by atoms with van der Waals surface area (Å²) >= 11 is 7.15. The maximum atomic E-state index is 11.5. The van der Waals surface area contributed by atoms with Crippen LogP contribution in [0.1, 0.15) is 19.0 Å². The molecule has 2 atom stereocenters. The van der Waals surface area contributed by atoms with Gasteiger partial charge in [-0.15, -0.1) is 0 Å². The molecule has 0 bridgehead atoms. The largest absolute Gasteiger partial charge is 0.302 e. The van der Waals surface area contributed by atoms with Gasteiger partial charge in [0.15, 0.2) is 5.13 Å². The number of carbonyl (C=O) groups excluding carboxylic acids is 1. The summed E-state index contributed by atoms with van der Waals surface area (Å²) in [5, 5.41) is 3.39. The number of thiazole rings is 1. The number of hydrogen-bond acceptors (Lipinski definition) is 3. The normalized spacial score (nSPS) is 24.8. The Bertz CT molecular complexity index is 357. The number of nitrogens with one attached hydrogen (secondary N) is 1. The van der Waals surface area contributed by atoms with E-state index in [1.54, 1.807) is 0 Å². The van der Waals surface area contributed by atoms with E-state index in [2.05, 4.69) is 17.2 Å². The third-order valence-electron chi connectivity index (χ3n) is 2.42. The van der Waals surface area contributed by atoms with Crippen molar-refractivity contribution in [1.29, 1.82) is 0 Å². The van der Waals surface area contributed by atoms with Crippen molar-refractivity contribution < 1.29 is 4.79 Å². The van der Waals surface area contributed by atoms with Crippen LogP contribution in [0.3, 0.4) is 0 Å². The summed E-state index contributed by atoms with van der Waals surface area (Å²) in [6.07, 6.45) is 0.990. The van der Waals surface area contributed by atoms with Crippen molar-refractivity contribution in [2.45, 2.75) is 20.3 Å². The number of amides is 1. The fraction of sp³-hybridized carbons (Fsp3) is 0.556. The molecule has 0 aliphatic heterocycles. The Kier molecular flexibility index (Phi) is 2.49. The third kappa shape index (κ3) is 1.91. The molecule has 2 rings (SSSR count). The molecule has 1 aliphatic carbocycles. The molecular formula is C9H11ClN2OS. The van der Waals surface area contributed by atoms with Crippen molar-refractivity contribution >= 4 is 34.0 Å². The quantitative estimate of drug-likeness (QED) is 0.849. The summed E-state index contributed by atoms with van der Waals surface area (Å²) in [6.45, 7) is 3.90. The zero-order valence-electron chi connectivity index (χ0n) is 8.00. The molecule has 0 aromatic carbocycles. The predicted octanol–water partition coefficient (Wildman–Crippen LogP) is 2.70. The van der Waals surface area contributed by atoms with Crippen LogP contribution in [0.5, 0.6) is 0 Å². The molecule has 0 saturated heterocycles. The predicted molar refractivity (Wildman–Crippen MR) is 57.8 cm³/mol. The SMILES string of the molecule is Cc1nc(NC(=O)C2CC2C)sc1Cl. The lowest BCUT2D eigenvalue weighted by Crippen LogP contribution is -2.14. The first-order valence-corrected chi connectivity index (χ1v) is 5.71. The molecule has 5 heteroatoms. The van der Waals surface area contributed by atoms with Gasteiger partial charge in [-0.1, -0.05) is 29.9 Å². The van der Waals surface area contributed by atoms with Gasteiger partial charge in [0.2, 0.25) is 5.91 Å². The monoisotopic (exact) mass is 230 g/mol. The van der Waals surface area contributed by atoms with E-state index in [4.69, 9.17) is 11.6 Å². The van der Waals surface area contributed by atoms with Gasteiger partial charge in [-0.05, 0) is 19.3 Å². The van der Waals surface area contributed by atoms with Gasteiger partial charge in [0.1, 0.15) is 4.34 Å². The third-order valence-corrected chi connectivity index (χ3v) is 3.78. The molecule has 0 radical (unpaired) electrons. The number of rotatable bonds is 2. The molecule has 14 heavy (non-hydrogen) atoms. The molecule has 3 nitrogen and oxygen atoms in total. The minimum absolute atomic E-state index is 0.0721. The Morgan fingerprint density at radius 2 is 2.36 bits per heavy atom. The Morgan fingerprint density at radius 3 is 2.79 bits per heavy atom. The lowest BCUT2D eigenvalue weighted by Gasteiger charge is -1.97. The van der Waals surface area contributed by atoms with E-state index < -0.39 is 0 Å². The van der Waals surface area contributed by atoms with Crippen LogP contribution in [-0.4, -0.2) is 10.9 Å². The molecule has 1 fully saturated rings. The minimum atomic E-state index is 0.0721. The topological polar surface area (TPSA) is 42.0 Å². The summed E-state index contributed by atoms with van der Waals surface area (Å²) in [6, 6.07) is 0. The fourth-order valence-corrected chi connectivity index (χ4v) is 2.28. The molecule has 1 amide bonds. The summed E-state index contributed by atoms with van der Waals surface area (Å²) in [4.78, 5) is 15.7. The van der Waals surface area contributed by atoms with Crippen molar-refractivity contribution in [2.75, 3.05) is 5.32 Å². The second-order valence-corrected chi connectivity index (χ2v) is 5.29. The fourth-order valence-electron chi connectivity index (χ4n) is 1.32. The number of anilines is 1. The van der Waals surface area contributed by atoms with E-state index in [0.717, 1.165) is 12.1 Å². The van der Waals surface area contributed by atoms with Crippen molar-refractivity contribution in [3.63, 3.8) is 0 Å². The van der Waals surface area contributed by atoms with Gasteiger partial charge in [0, 0.05) is 5.92 Å². The molecule has 1 aliphatic rings. The Morgan fingerprint density at radius 1 is 1.71 bits per heavy atom. The van der Waals surface area contributed by atoms with Crippen LogP contribution in [0.2, 0.25) is 4.34 Å². The maximum absolute atomic E-state index is 11.5. The first-order chi connectivity index (χ1) is 6.58. The van der Waals surface area contributed by atoms with Gasteiger partial charge in [-0.2, -0.15) is 0 Å². The van der Waals surface area contributed by atoms with Crippen LogP contribution in [0.25, 0.3) is 0 Å². The first kappa shape index (κ1) is 9.93. The van der Waals surface area contributed by atoms with Crippen LogP contribution in [0.4, 0.5) is 5.13 Å². The van der Waals surface area contributed by atoms with Crippen LogP contribution in [0.15, 0.2) is 0 Å². The average molecular weight is 231 g/mol. The van der Waals surface area contributed by atoms with E-state index in [1.807, 2.05) is 6.92 Å². The van der Waals surface area contributed by atoms with Crippen LogP contribution in [-0.2, 0) is 4.79 Å². The molecule has 1 saturated carbocycles. The first-order valence-electron chi connectivity index (χ1n) is 4.51. The molecule has 1 aromatic heterocycles. The minimum Gasteiger partial charge on any atom is -0.302 e. The number of nitrogens with zero attached hydrogens (tertiary/aromatic N) is 1. The van der Waals surface area contributed by atoms with E-state index in [9.17, 15) is 4.79 Å². The number of aryl methyl sites for hydroxylation is 1. The van der Waals surface area contributed by atoms with Gasteiger partial charge in [0.05, 0.1) is 5.69 Å². The second-order valence-electron chi connectivity index (χ2n) is 3.69. The number of carbonyl (C=O) groups is 1. The zero-order valence-corrected chi connectivity index (χ0v) is 9.58. The smallest absolute Gasteiger partial charge is 0.229 e. The van der Waals surface area contributed by atoms with Crippen molar-refractivity contribution in [2.24, 2.45) is 11.8 Å². The molecule has 1 heterocycles. The Labute approximate surface area is 91.5 Å².